The first-order chi connectivity index (χ1) is 9.65. The molecule has 3 unspecified atom stereocenters. The van der Waals surface area contributed by atoms with Crippen molar-refractivity contribution in [3.63, 3.8) is 0 Å². The second-order valence-corrected chi connectivity index (χ2v) is 6.37. The van der Waals surface area contributed by atoms with Gasteiger partial charge in [0.2, 0.25) is 0 Å². The minimum Gasteiger partial charge on any atom is -0.481 e. The summed E-state index contributed by atoms with van der Waals surface area (Å²) in [6, 6.07) is 8.92. The fourth-order valence-electron chi connectivity index (χ4n) is 4.16. The van der Waals surface area contributed by atoms with Crippen molar-refractivity contribution in [1.29, 1.82) is 0 Å². The molecule has 20 heavy (non-hydrogen) atoms. The highest BCUT2D eigenvalue weighted by Crippen LogP contribution is 2.47. The summed E-state index contributed by atoms with van der Waals surface area (Å²) < 4.78 is 0. The number of rotatable bonds is 5. The summed E-state index contributed by atoms with van der Waals surface area (Å²) in [6.45, 7) is 2.75. The van der Waals surface area contributed by atoms with Gasteiger partial charge in [0, 0.05) is 18.3 Å². The van der Waals surface area contributed by atoms with Crippen LogP contribution in [-0.4, -0.2) is 23.7 Å². The molecule has 0 aromatic heterocycles. The average molecular weight is 273 g/mol. The van der Waals surface area contributed by atoms with Gasteiger partial charge in [0.05, 0.1) is 6.42 Å². The third kappa shape index (κ3) is 2.54. The molecular formula is C17H23NO2. The zero-order valence-electron chi connectivity index (χ0n) is 12.1. The number of para-hydroxylation sites is 1. The molecule has 2 aliphatic rings. The smallest absolute Gasteiger partial charge is 0.305 e. The van der Waals surface area contributed by atoms with E-state index in [1.807, 2.05) is 0 Å². The second kappa shape index (κ2) is 5.47. The molecule has 0 spiro atoms. The van der Waals surface area contributed by atoms with Gasteiger partial charge < -0.3 is 10.0 Å². The van der Waals surface area contributed by atoms with Crippen LogP contribution in [0.1, 0.15) is 37.7 Å². The minimum absolute atomic E-state index is 0.224. The molecule has 3 rings (SSSR count). The van der Waals surface area contributed by atoms with Crippen molar-refractivity contribution in [1.82, 2.24) is 0 Å². The zero-order chi connectivity index (χ0) is 14.1. The van der Waals surface area contributed by atoms with Crippen LogP contribution < -0.4 is 4.90 Å². The normalized spacial score (nSPS) is 27.8. The Bertz CT molecular complexity index is 500. The summed E-state index contributed by atoms with van der Waals surface area (Å²) in [5.41, 5.74) is 2.48. The molecule has 3 heteroatoms. The van der Waals surface area contributed by atoms with Crippen LogP contribution in [0.5, 0.6) is 0 Å². The van der Waals surface area contributed by atoms with Crippen molar-refractivity contribution in [3.05, 3.63) is 29.8 Å². The molecule has 1 N–H and O–H groups in total. The van der Waals surface area contributed by atoms with Crippen LogP contribution in [0.25, 0.3) is 0 Å². The van der Waals surface area contributed by atoms with Crippen LogP contribution in [0, 0.1) is 18.8 Å². The van der Waals surface area contributed by atoms with Gasteiger partial charge in [-0.2, -0.15) is 0 Å². The van der Waals surface area contributed by atoms with E-state index in [-0.39, 0.29) is 6.42 Å². The van der Waals surface area contributed by atoms with Gasteiger partial charge in [-0.05, 0) is 49.7 Å². The lowest BCUT2D eigenvalue weighted by molar-refractivity contribution is -0.136. The maximum absolute atomic E-state index is 11.0. The van der Waals surface area contributed by atoms with E-state index in [1.165, 1.54) is 36.9 Å². The Labute approximate surface area is 120 Å². The van der Waals surface area contributed by atoms with E-state index in [9.17, 15) is 4.79 Å². The van der Waals surface area contributed by atoms with Gasteiger partial charge >= 0.3 is 5.97 Å². The number of hydrogen-bond acceptors (Lipinski definition) is 2. The number of anilines is 1. The quantitative estimate of drug-likeness (QED) is 0.893. The van der Waals surface area contributed by atoms with E-state index in [0.717, 1.165) is 11.8 Å². The summed E-state index contributed by atoms with van der Waals surface area (Å²) in [5, 5.41) is 9.03. The first-order valence-electron chi connectivity index (χ1n) is 7.69. The third-order valence-corrected chi connectivity index (χ3v) is 5.09. The average Bonchev–Trinajstić information content (AvgIpc) is 3.03. The number of carboxylic acids is 1. The molecule has 0 amide bonds. The fraction of sp³-hybridized carbons (Fsp3) is 0.588. The number of hydrogen-bond donors (Lipinski definition) is 1. The molecule has 1 aromatic rings. The Kier molecular flexibility index (Phi) is 3.68. The number of fused-ring (bicyclic) bond motifs is 2. The van der Waals surface area contributed by atoms with Crippen LogP contribution in [0.2, 0.25) is 0 Å². The third-order valence-electron chi connectivity index (χ3n) is 5.09. The van der Waals surface area contributed by atoms with Crippen LogP contribution in [0.15, 0.2) is 24.3 Å². The number of carboxylic acid groups (broad SMARTS) is 1. The standard InChI is InChI=1S/C17H23NO2/c1-12-4-2-3-5-15(12)18(9-8-17(19)20)16-11-13-6-7-14(16)10-13/h2-5,13-14,16H,6-11H2,1H3,(H,19,20). The van der Waals surface area contributed by atoms with Gasteiger partial charge in [-0.25, -0.2) is 0 Å². The van der Waals surface area contributed by atoms with Gasteiger partial charge in [0.1, 0.15) is 0 Å². The highest BCUT2D eigenvalue weighted by molar-refractivity contribution is 5.68. The summed E-state index contributed by atoms with van der Waals surface area (Å²) >= 11 is 0. The SMILES string of the molecule is Cc1ccccc1N(CCC(=O)O)C1CC2CCC1C2. The predicted molar refractivity (Wildman–Crippen MR) is 80.0 cm³/mol. The maximum atomic E-state index is 11.0. The number of nitrogens with zero attached hydrogens (tertiary/aromatic N) is 1. The molecule has 2 bridgehead atoms. The van der Waals surface area contributed by atoms with Crippen LogP contribution >= 0.6 is 0 Å². The molecule has 3 atom stereocenters. The van der Waals surface area contributed by atoms with Crippen LogP contribution in [0.3, 0.4) is 0 Å². The van der Waals surface area contributed by atoms with E-state index in [1.54, 1.807) is 0 Å². The molecule has 2 saturated carbocycles. The molecular weight excluding hydrogens is 250 g/mol. The lowest BCUT2D eigenvalue weighted by atomic mass is 9.93. The Hall–Kier alpha value is -1.51. The lowest BCUT2D eigenvalue weighted by Gasteiger charge is -2.37. The first-order valence-corrected chi connectivity index (χ1v) is 7.69. The Morgan fingerprint density at radius 3 is 2.70 bits per heavy atom. The van der Waals surface area contributed by atoms with E-state index in [2.05, 4.69) is 36.1 Å². The monoisotopic (exact) mass is 273 g/mol. The van der Waals surface area contributed by atoms with Crippen molar-refractivity contribution < 1.29 is 9.90 Å². The highest BCUT2D eigenvalue weighted by Gasteiger charge is 2.42. The molecule has 2 fully saturated rings. The minimum atomic E-state index is -0.702. The molecule has 0 aliphatic heterocycles. The largest absolute Gasteiger partial charge is 0.481 e. The Balaban J connectivity index is 1.84. The number of carbonyl (C=O) groups is 1. The van der Waals surface area contributed by atoms with Crippen molar-refractivity contribution in [3.8, 4) is 0 Å². The molecule has 2 aliphatic carbocycles. The van der Waals surface area contributed by atoms with E-state index in [4.69, 9.17) is 5.11 Å². The number of aryl methyl sites for hydroxylation is 1. The highest BCUT2D eigenvalue weighted by atomic mass is 16.4. The topological polar surface area (TPSA) is 40.5 Å². The van der Waals surface area contributed by atoms with Crippen molar-refractivity contribution in [2.45, 2.75) is 45.1 Å². The molecule has 1 aromatic carbocycles. The van der Waals surface area contributed by atoms with Crippen molar-refractivity contribution in [2.24, 2.45) is 11.8 Å². The van der Waals surface area contributed by atoms with E-state index >= 15 is 0 Å². The van der Waals surface area contributed by atoms with Crippen molar-refractivity contribution >= 4 is 11.7 Å². The fourth-order valence-corrected chi connectivity index (χ4v) is 4.16. The molecule has 3 nitrogen and oxygen atoms in total. The van der Waals surface area contributed by atoms with Gasteiger partial charge in [0.15, 0.2) is 0 Å². The summed E-state index contributed by atoms with van der Waals surface area (Å²) in [5.74, 6) is 0.946. The van der Waals surface area contributed by atoms with Gasteiger partial charge in [-0.1, -0.05) is 24.6 Å². The Morgan fingerprint density at radius 2 is 2.10 bits per heavy atom. The second-order valence-electron chi connectivity index (χ2n) is 6.37. The van der Waals surface area contributed by atoms with Crippen LogP contribution in [-0.2, 0) is 4.79 Å². The molecule has 108 valence electrons. The van der Waals surface area contributed by atoms with Gasteiger partial charge in [-0.3, -0.25) is 4.79 Å². The van der Waals surface area contributed by atoms with Gasteiger partial charge in [-0.15, -0.1) is 0 Å². The molecule has 0 saturated heterocycles. The molecule has 0 radical (unpaired) electrons. The predicted octanol–water partition coefficient (Wildman–Crippen LogP) is 3.46. The van der Waals surface area contributed by atoms with Crippen molar-refractivity contribution in [2.75, 3.05) is 11.4 Å². The lowest BCUT2D eigenvalue weighted by Crippen LogP contribution is -2.40. The number of benzene rings is 1. The maximum Gasteiger partial charge on any atom is 0.305 e. The summed E-state index contributed by atoms with van der Waals surface area (Å²) in [7, 11) is 0. The Morgan fingerprint density at radius 1 is 1.30 bits per heavy atom. The molecule has 0 heterocycles. The van der Waals surface area contributed by atoms with Crippen LogP contribution in [0.4, 0.5) is 5.69 Å². The van der Waals surface area contributed by atoms with E-state index < -0.39 is 5.97 Å². The summed E-state index contributed by atoms with van der Waals surface area (Å²) in [4.78, 5) is 13.4. The first kappa shape index (κ1) is 13.5. The summed E-state index contributed by atoms with van der Waals surface area (Å²) in [6.07, 6.45) is 5.52. The zero-order valence-corrected chi connectivity index (χ0v) is 12.1. The van der Waals surface area contributed by atoms with Gasteiger partial charge in [0.25, 0.3) is 0 Å². The van der Waals surface area contributed by atoms with E-state index in [0.29, 0.717) is 12.6 Å². The number of aliphatic carboxylic acids is 1.